The Labute approximate surface area is 134 Å². The van der Waals surface area contributed by atoms with Gasteiger partial charge in [0.2, 0.25) is 0 Å². The van der Waals surface area contributed by atoms with Gasteiger partial charge in [0.1, 0.15) is 6.33 Å². The molecule has 1 fully saturated rings. The molecule has 7 heteroatoms. The molecule has 0 spiro atoms. The second-order valence-electron chi connectivity index (χ2n) is 5.58. The van der Waals surface area contributed by atoms with Crippen molar-refractivity contribution in [2.24, 2.45) is 0 Å². The zero-order valence-corrected chi connectivity index (χ0v) is 13.1. The Balaban J connectivity index is 1.56. The fourth-order valence-corrected chi connectivity index (χ4v) is 3.04. The number of aryl methyl sites for hydroxylation is 1. The average molecular weight is 309 g/mol. The van der Waals surface area contributed by atoms with Crippen molar-refractivity contribution in [3.63, 3.8) is 0 Å². The molecule has 1 saturated heterocycles. The maximum absolute atomic E-state index is 4.46. The largest absolute Gasteiger partial charge is 0.368 e. The Bertz CT molecular complexity index is 791. The number of hydrogen-bond acceptors (Lipinski definition) is 6. The summed E-state index contributed by atoms with van der Waals surface area (Å²) in [5.74, 6) is 0.891. The van der Waals surface area contributed by atoms with Crippen LogP contribution in [-0.2, 0) is 6.54 Å². The molecular formula is C16H19N7. The normalized spacial score (nSPS) is 15.3. The maximum atomic E-state index is 4.46. The van der Waals surface area contributed by atoms with Crippen molar-refractivity contribution < 1.29 is 0 Å². The highest BCUT2D eigenvalue weighted by Crippen LogP contribution is 2.23. The number of para-hydroxylation sites is 1. The summed E-state index contributed by atoms with van der Waals surface area (Å²) in [5, 5.41) is 8.43. The standard InChI is InChI=1S/C16H19N7/c1-2-23-16-14(19-20-23)15(17-12-18-16)22-10-8-21(9-11-22)13-6-4-3-5-7-13/h3-7,12H,2,8-11H2,1H3. The van der Waals surface area contributed by atoms with E-state index in [0.717, 1.165) is 49.7 Å². The van der Waals surface area contributed by atoms with E-state index in [-0.39, 0.29) is 0 Å². The number of fused-ring (bicyclic) bond motifs is 1. The zero-order chi connectivity index (χ0) is 15.6. The van der Waals surface area contributed by atoms with Gasteiger partial charge in [0, 0.05) is 38.4 Å². The molecule has 2 aromatic heterocycles. The van der Waals surface area contributed by atoms with Crippen LogP contribution in [0.15, 0.2) is 36.7 Å². The van der Waals surface area contributed by atoms with E-state index in [0.29, 0.717) is 0 Å². The smallest absolute Gasteiger partial charge is 0.183 e. The van der Waals surface area contributed by atoms with Crippen LogP contribution in [0.25, 0.3) is 11.2 Å². The number of rotatable bonds is 3. The van der Waals surface area contributed by atoms with Crippen molar-refractivity contribution in [1.29, 1.82) is 0 Å². The summed E-state index contributed by atoms with van der Waals surface area (Å²) in [6, 6.07) is 10.5. The summed E-state index contributed by atoms with van der Waals surface area (Å²) in [6.45, 7) is 6.57. The lowest BCUT2D eigenvalue weighted by atomic mass is 10.2. The lowest BCUT2D eigenvalue weighted by molar-refractivity contribution is 0.641. The first-order valence-electron chi connectivity index (χ1n) is 7.96. The summed E-state index contributed by atoms with van der Waals surface area (Å²) in [4.78, 5) is 13.5. The minimum absolute atomic E-state index is 0.759. The van der Waals surface area contributed by atoms with Gasteiger partial charge in [-0.15, -0.1) is 5.10 Å². The number of benzene rings is 1. The number of hydrogen-bond donors (Lipinski definition) is 0. The first kappa shape index (κ1) is 13.9. The van der Waals surface area contributed by atoms with Crippen LogP contribution < -0.4 is 9.80 Å². The van der Waals surface area contributed by atoms with Crippen LogP contribution in [0.2, 0.25) is 0 Å². The molecule has 0 unspecified atom stereocenters. The highest BCUT2D eigenvalue weighted by molar-refractivity contribution is 5.82. The summed E-state index contributed by atoms with van der Waals surface area (Å²) in [6.07, 6.45) is 1.61. The molecule has 1 aromatic carbocycles. The van der Waals surface area contributed by atoms with Crippen molar-refractivity contribution in [2.45, 2.75) is 13.5 Å². The second kappa shape index (κ2) is 5.83. The summed E-state index contributed by atoms with van der Waals surface area (Å²) >= 11 is 0. The van der Waals surface area contributed by atoms with Gasteiger partial charge in [-0.1, -0.05) is 23.4 Å². The fourth-order valence-electron chi connectivity index (χ4n) is 3.04. The van der Waals surface area contributed by atoms with E-state index in [4.69, 9.17) is 0 Å². The van der Waals surface area contributed by atoms with Gasteiger partial charge in [0.05, 0.1) is 0 Å². The van der Waals surface area contributed by atoms with Gasteiger partial charge in [0.15, 0.2) is 17.0 Å². The van der Waals surface area contributed by atoms with E-state index < -0.39 is 0 Å². The van der Waals surface area contributed by atoms with Crippen LogP contribution in [0.3, 0.4) is 0 Å². The Morgan fingerprint density at radius 1 is 0.957 bits per heavy atom. The fraction of sp³-hybridized carbons (Fsp3) is 0.375. The molecule has 0 radical (unpaired) electrons. The van der Waals surface area contributed by atoms with Crippen molar-refractivity contribution in [2.75, 3.05) is 36.0 Å². The monoisotopic (exact) mass is 309 g/mol. The Kier molecular flexibility index (Phi) is 3.53. The quantitative estimate of drug-likeness (QED) is 0.732. The molecule has 0 amide bonds. The van der Waals surface area contributed by atoms with Gasteiger partial charge in [-0.25, -0.2) is 14.6 Å². The molecule has 0 atom stereocenters. The Hall–Kier alpha value is -2.70. The van der Waals surface area contributed by atoms with E-state index in [9.17, 15) is 0 Å². The Morgan fingerprint density at radius 2 is 1.70 bits per heavy atom. The summed E-state index contributed by atoms with van der Waals surface area (Å²) in [5.41, 5.74) is 2.88. The zero-order valence-electron chi connectivity index (χ0n) is 13.1. The van der Waals surface area contributed by atoms with Crippen molar-refractivity contribution in [3.05, 3.63) is 36.7 Å². The van der Waals surface area contributed by atoms with Crippen LogP contribution in [0.5, 0.6) is 0 Å². The molecule has 0 saturated carbocycles. The third kappa shape index (κ3) is 2.48. The highest BCUT2D eigenvalue weighted by atomic mass is 15.4. The molecule has 0 N–H and O–H groups in total. The van der Waals surface area contributed by atoms with Crippen LogP contribution in [-0.4, -0.2) is 51.1 Å². The van der Waals surface area contributed by atoms with E-state index in [2.05, 4.69) is 60.4 Å². The van der Waals surface area contributed by atoms with Gasteiger partial charge in [-0.05, 0) is 19.1 Å². The molecule has 3 aromatic rings. The van der Waals surface area contributed by atoms with Gasteiger partial charge in [-0.3, -0.25) is 0 Å². The molecule has 1 aliphatic rings. The lowest BCUT2D eigenvalue weighted by Crippen LogP contribution is -2.46. The van der Waals surface area contributed by atoms with Crippen LogP contribution >= 0.6 is 0 Å². The van der Waals surface area contributed by atoms with Crippen LogP contribution in [0.1, 0.15) is 6.92 Å². The summed E-state index contributed by atoms with van der Waals surface area (Å²) < 4.78 is 1.81. The van der Waals surface area contributed by atoms with E-state index in [1.165, 1.54) is 5.69 Å². The van der Waals surface area contributed by atoms with E-state index in [1.807, 2.05) is 6.92 Å². The van der Waals surface area contributed by atoms with Crippen molar-refractivity contribution >= 4 is 22.7 Å². The van der Waals surface area contributed by atoms with Gasteiger partial charge in [0.25, 0.3) is 0 Å². The third-order valence-electron chi connectivity index (χ3n) is 4.28. The predicted molar refractivity (Wildman–Crippen MR) is 89.7 cm³/mol. The highest BCUT2D eigenvalue weighted by Gasteiger charge is 2.22. The van der Waals surface area contributed by atoms with E-state index >= 15 is 0 Å². The molecule has 23 heavy (non-hydrogen) atoms. The van der Waals surface area contributed by atoms with E-state index in [1.54, 1.807) is 11.0 Å². The number of aromatic nitrogens is 5. The topological polar surface area (TPSA) is 63.0 Å². The molecule has 0 bridgehead atoms. The van der Waals surface area contributed by atoms with Gasteiger partial charge < -0.3 is 9.80 Å². The third-order valence-corrected chi connectivity index (χ3v) is 4.28. The second-order valence-corrected chi connectivity index (χ2v) is 5.58. The molecular weight excluding hydrogens is 290 g/mol. The number of nitrogens with zero attached hydrogens (tertiary/aromatic N) is 7. The molecule has 118 valence electrons. The average Bonchev–Trinajstić information content (AvgIpc) is 3.06. The van der Waals surface area contributed by atoms with Crippen molar-refractivity contribution in [1.82, 2.24) is 25.0 Å². The lowest BCUT2D eigenvalue weighted by Gasteiger charge is -2.36. The predicted octanol–water partition coefficient (Wildman–Crippen LogP) is 1.57. The first-order valence-corrected chi connectivity index (χ1v) is 7.96. The van der Waals surface area contributed by atoms with Crippen molar-refractivity contribution in [3.8, 4) is 0 Å². The maximum Gasteiger partial charge on any atom is 0.183 e. The minimum Gasteiger partial charge on any atom is -0.368 e. The molecule has 1 aliphatic heterocycles. The van der Waals surface area contributed by atoms with Gasteiger partial charge >= 0.3 is 0 Å². The molecule has 0 aliphatic carbocycles. The Morgan fingerprint density at radius 3 is 2.43 bits per heavy atom. The first-order chi connectivity index (χ1) is 11.4. The van der Waals surface area contributed by atoms with Gasteiger partial charge in [-0.2, -0.15) is 0 Å². The molecule has 3 heterocycles. The molecule has 4 rings (SSSR count). The number of piperazine rings is 1. The SMILES string of the molecule is CCn1nnc2c(N3CCN(c4ccccc4)CC3)ncnc21. The van der Waals surface area contributed by atoms with Crippen LogP contribution in [0, 0.1) is 0 Å². The summed E-state index contributed by atoms with van der Waals surface area (Å²) in [7, 11) is 0. The number of anilines is 2. The minimum atomic E-state index is 0.759. The van der Waals surface area contributed by atoms with Crippen LogP contribution in [0.4, 0.5) is 11.5 Å². The molecule has 7 nitrogen and oxygen atoms in total.